The van der Waals surface area contributed by atoms with Gasteiger partial charge in [-0.25, -0.2) is 12.2 Å². The summed E-state index contributed by atoms with van der Waals surface area (Å²) >= 11 is 14.1. The molecule has 0 heterocycles. The van der Waals surface area contributed by atoms with Gasteiger partial charge in [0.2, 0.25) is 0 Å². The Kier molecular flexibility index (Phi) is 14.2. The van der Waals surface area contributed by atoms with Crippen LogP contribution in [0.2, 0.25) is 10.0 Å². The van der Waals surface area contributed by atoms with Crippen LogP contribution in [0.5, 0.6) is 0 Å². The van der Waals surface area contributed by atoms with Crippen molar-refractivity contribution in [2.45, 2.75) is 65.2 Å². The number of rotatable bonds is 2. The van der Waals surface area contributed by atoms with Gasteiger partial charge in [-0.1, -0.05) is 76.3 Å². The molecule has 0 saturated carbocycles. The fraction of sp³-hybridized carbons (Fsp3) is 0.213. The maximum absolute atomic E-state index is 6.38. The normalized spacial score (nSPS) is 12.5. The minimum Gasteiger partial charge on any atom is -0.273 e. The predicted octanol–water partition coefficient (Wildman–Crippen LogP) is 14.2. The van der Waals surface area contributed by atoms with Crippen LogP contribution in [-0.2, 0) is 41.5 Å². The van der Waals surface area contributed by atoms with Crippen LogP contribution in [0, 0.1) is 12.1 Å². The molecular weight excluding hydrogens is 798 g/mol. The van der Waals surface area contributed by atoms with Gasteiger partial charge in [-0.3, -0.25) is 6.08 Å². The molecule has 0 spiro atoms. The molecule has 0 saturated heterocycles. The van der Waals surface area contributed by atoms with Crippen LogP contribution in [0.3, 0.4) is 0 Å². The summed E-state index contributed by atoms with van der Waals surface area (Å²) in [5.41, 5.74) is 11.1. The van der Waals surface area contributed by atoms with Crippen LogP contribution in [0.25, 0.3) is 32.7 Å². The minimum absolute atomic E-state index is 0. The van der Waals surface area contributed by atoms with Gasteiger partial charge in [0, 0.05) is 0 Å². The first-order chi connectivity index (χ1) is 23.8. The van der Waals surface area contributed by atoms with Crippen molar-refractivity contribution in [2.24, 2.45) is 0 Å². The van der Waals surface area contributed by atoms with Crippen LogP contribution in [0.15, 0.2) is 121 Å². The van der Waals surface area contributed by atoms with Crippen molar-refractivity contribution in [1.82, 2.24) is 0 Å². The van der Waals surface area contributed by atoms with Gasteiger partial charge in [0.15, 0.2) is 0 Å². The number of hydrogen-bond acceptors (Lipinski definition) is 0. The van der Waals surface area contributed by atoms with Gasteiger partial charge in [0.1, 0.15) is 0 Å². The molecule has 8 rings (SSSR count). The Morgan fingerprint density at radius 1 is 0.654 bits per heavy atom. The average Bonchev–Trinajstić information content (AvgIpc) is 3.78. The van der Waals surface area contributed by atoms with E-state index in [1.165, 1.54) is 82.7 Å². The molecule has 0 N–H and O–H groups in total. The topological polar surface area (TPSA) is 0 Å². The van der Waals surface area contributed by atoms with E-state index >= 15 is 0 Å². The van der Waals surface area contributed by atoms with Gasteiger partial charge in [0.25, 0.3) is 0 Å². The molecule has 2 aliphatic carbocycles. The van der Waals surface area contributed by atoms with E-state index in [2.05, 4.69) is 139 Å². The van der Waals surface area contributed by atoms with E-state index in [0.29, 0.717) is 0 Å². The van der Waals surface area contributed by atoms with Crippen LogP contribution in [0.1, 0.15) is 81.3 Å². The molecule has 264 valence electrons. The Labute approximate surface area is 347 Å². The monoisotopic (exact) mass is 838 g/mol. The van der Waals surface area contributed by atoms with Crippen molar-refractivity contribution in [2.75, 3.05) is 0 Å². The molecule has 2 aliphatic rings. The average molecular weight is 842 g/mol. The summed E-state index contributed by atoms with van der Waals surface area (Å²) in [6.45, 7) is 13.6. The van der Waals surface area contributed by atoms with Crippen molar-refractivity contribution >= 4 is 72.8 Å². The molecule has 0 aromatic heterocycles. The van der Waals surface area contributed by atoms with E-state index in [1.807, 2.05) is 36.4 Å². The summed E-state index contributed by atoms with van der Waals surface area (Å²) in [6, 6.07) is 39.9. The van der Waals surface area contributed by atoms with E-state index in [4.69, 9.17) is 23.2 Å². The summed E-state index contributed by atoms with van der Waals surface area (Å²) in [6.07, 6.45) is 11.0. The Balaban J connectivity index is 0.000000199. The maximum Gasteiger partial charge on any atom is -0.109 e. The first-order valence-corrected chi connectivity index (χ1v) is 19.1. The fourth-order valence-electron chi connectivity index (χ4n) is 6.43. The third-order valence-electron chi connectivity index (χ3n) is 9.30. The van der Waals surface area contributed by atoms with E-state index < -0.39 is 0 Å². The summed E-state index contributed by atoms with van der Waals surface area (Å²) in [7, 11) is 0. The van der Waals surface area contributed by atoms with Crippen molar-refractivity contribution in [1.29, 1.82) is 0 Å². The van der Waals surface area contributed by atoms with E-state index in [1.54, 1.807) is 0 Å². The fourth-order valence-corrected chi connectivity index (χ4v) is 7.90. The molecule has 0 nitrogen and oxygen atoms in total. The van der Waals surface area contributed by atoms with Gasteiger partial charge in [0.05, 0.1) is 0 Å². The number of fused-ring (bicyclic) bond motifs is 5. The van der Waals surface area contributed by atoms with Crippen LogP contribution >= 0.6 is 48.0 Å². The van der Waals surface area contributed by atoms with E-state index in [9.17, 15) is 0 Å². The van der Waals surface area contributed by atoms with E-state index in [0.717, 1.165) is 33.7 Å². The third-order valence-corrected chi connectivity index (χ3v) is 11.1. The van der Waals surface area contributed by atoms with Crippen LogP contribution in [-0.4, -0.2) is 3.21 Å². The van der Waals surface area contributed by atoms with Gasteiger partial charge >= 0.3 is 166 Å². The SMILES string of the molecule is CC(C)(C)c1c[c-]c2c(c1)-c1cc(C(C)(C)C)ccc1C2.Cl.Cl.Clc1cc([C](=[Zr+2])c2cc(Cl)cc3ccccc23)c2ccccc2c1.[C-]1=CC=CC1. The quantitative estimate of drug-likeness (QED) is 0.152. The summed E-state index contributed by atoms with van der Waals surface area (Å²) < 4.78 is 1.26. The zero-order valence-electron chi connectivity index (χ0n) is 30.5. The Morgan fingerprint density at radius 3 is 1.67 bits per heavy atom. The van der Waals surface area contributed by atoms with E-state index in [-0.39, 0.29) is 35.6 Å². The second-order valence-corrected chi connectivity index (χ2v) is 17.2. The van der Waals surface area contributed by atoms with Gasteiger partial charge in [-0.2, -0.15) is 35.4 Å². The zero-order chi connectivity index (χ0) is 35.6. The molecule has 0 fully saturated rings. The number of hydrogen-bond donors (Lipinski definition) is 0. The molecular formula is C47H44Cl4Zr. The smallest absolute Gasteiger partial charge is 0.109 e. The second kappa shape index (κ2) is 17.6. The summed E-state index contributed by atoms with van der Waals surface area (Å²) in [5.74, 6) is 0. The second-order valence-electron chi connectivity index (χ2n) is 15.1. The largest absolute Gasteiger partial charge is 0.273 e. The molecule has 6 aromatic rings. The molecule has 5 heteroatoms. The molecule has 0 unspecified atom stereocenters. The molecule has 0 atom stereocenters. The maximum atomic E-state index is 6.38. The van der Waals surface area contributed by atoms with Crippen molar-refractivity contribution in [3.8, 4) is 11.1 Å². The molecule has 0 radical (unpaired) electrons. The number of benzene rings is 6. The summed E-state index contributed by atoms with van der Waals surface area (Å²) in [4.78, 5) is 0. The zero-order valence-corrected chi connectivity index (χ0v) is 36.1. The number of allylic oxidation sites excluding steroid dienone is 4. The van der Waals surface area contributed by atoms with Crippen molar-refractivity contribution < 1.29 is 24.2 Å². The summed E-state index contributed by atoms with van der Waals surface area (Å²) in [5, 5.41) is 6.28. The molecule has 0 aliphatic heterocycles. The Morgan fingerprint density at radius 2 is 1.19 bits per heavy atom. The first-order valence-electron chi connectivity index (χ1n) is 17.2. The van der Waals surface area contributed by atoms with Crippen LogP contribution < -0.4 is 0 Å². The minimum atomic E-state index is 0. The first kappa shape index (κ1) is 42.0. The molecule has 6 aromatic carbocycles. The van der Waals surface area contributed by atoms with Crippen molar-refractivity contribution in [3.63, 3.8) is 0 Å². The van der Waals surface area contributed by atoms with Crippen LogP contribution in [0.4, 0.5) is 0 Å². The van der Waals surface area contributed by atoms with Gasteiger partial charge in [-0.05, 0) is 17.4 Å². The Bertz CT molecular complexity index is 2120. The van der Waals surface area contributed by atoms with Gasteiger partial charge in [-0.15, -0.1) is 36.8 Å². The molecule has 52 heavy (non-hydrogen) atoms. The number of halogens is 4. The van der Waals surface area contributed by atoms with Gasteiger partial charge < -0.3 is 0 Å². The third kappa shape index (κ3) is 9.66. The standard InChI is InChI=1S/C21H12Cl2.C21H25.C5H5.2ClH.Zr/c22-18-10-14-5-1-3-7-20(14)16(12-18)9-17-13-19(23)11-15-6-2-4-8-21(15)17;1-20(2,3)16-9-7-14-11-15-8-10-17(21(4,5)6)13-19(15)18(14)12-16;1-2-4-5-3-1;;;/h1-8,10-13H;7,9-10,12-13H,11H2,1-6H3;1-3H,4H2;2*1H;/q;2*-1;;;+2. The molecule has 0 bridgehead atoms. The Hall–Kier alpha value is -2.77. The molecule has 0 amide bonds. The van der Waals surface area contributed by atoms with Crippen molar-refractivity contribution in [3.05, 3.63) is 177 Å². The predicted molar refractivity (Wildman–Crippen MR) is 228 cm³/mol.